The van der Waals surface area contributed by atoms with Crippen molar-refractivity contribution in [2.24, 2.45) is 0 Å². The molecule has 1 aromatic heterocycles. The Morgan fingerprint density at radius 1 is 1.06 bits per heavy atom. The lowest BCUT2D eigenvalue weighted by molar-refractivity contribution is 0.0659. The highest BCUT2D eigenvalue weighted by Crippen LogP contribution is 2.34. The highest BCUT2D eigenvalue weighted by Gasteiger charge is 2.10. The van der Waals surface area contributed by atoms with E-state index in [0.717, 1.165) is 0 Å². The van der Waals surface area contributed by atoms with Gasteiger partial charge in [-0.25, -0.2) is 4.57 Å². The largest absolute Gasteiger partial charge is 0.471 e. The maximum atomic E-state index is 9.54. The number of hydrogen-bond donors (Lipinski definition) is 6. The number of aliphatic hydroxyl groups excluding tert-OH is 1. The first-order valence-electron chi connectivity index (χ1n) is 3.58. The second-order valence-electron chi connectivity index (χ2n) is 2.16. The van der Waals surface area contributed by atoms with Crippen molar-refractivity contribution in [1.29, 1.82) is 0 Å². The molecule has 11 nitrogen and oxygen atoms in total. The van der Waals surface area contributed by atoms with Crippen LogP contribution in [0.4, 0.5) is 17.8 Å². The standard InChI is InChI=1S/C3H6N6.CH5O5P/c4-1-7-2(5)9-3(6)8-1;2-1-6-7(3,4)5/h(H6,4,5,6,7,8,9);2H,1H2,(H2,3,4,5). The number of phosphoric ester groups is 1. The first kappa shape index (κ1) is 14.5. The molecule has 0 atom stereocenters. The summed E-state index contributed by atoms with van der Waals surface area (Å²) in [6.45, 7) is -0.954. The smallest absolute Gasteiger partial charge is 0.370 e. The van der Waals surface area contributed by atoms with Crippen LogP contribution in [0.3, 0.4) is 0 Å². The number of aliphatic hydroxyl groups is 1. The Morgan fingerprint density at radius 3 is 1.50 bits per heavy atom. The minimum absolute atomic E-state index is 0.0417. The molecule has 0 amide bonds. The zero-order valence-electron chi connectivity index (χ0n) is 7.89. The minimum atomic E-state index is -4.42. The van der Waals surface area contributed by atoms with E-state index in [1.807, 2.05) is 0 Å². The van der Waals surface area contributed by atoms with E-state index in [1.165, 1.54) is 0 Å². The quantitative estimate of drug-likeness (QED) is 0.243. The minimum Gasteiger partial charge on any atom is -0.370 e. The summed E-state index contributed by atoms with van der Waals surface area (Å²) < 4.78 is 13.0. The molecule has 0 aliphatic rings. The summed E-state index contributed by atoms with van der Waals surface area (Å²) in [4.78, 5) is 26.0. The Labute approximate surface area is 89.5 Å². The number of phosphoric acid groups is 1. The predicted molar refractivity (Wildman–Crippen MR) is 53.3 cm³/mol. The van der Waals surface area contributed by atoms with Gasteiger partial charge < -0.3 is 32.1 Å². The van der Waals surface area contributed by atoms with Gasteiger partial charge in [-0.05, 0) is 0 Å². The molecule has 0 unspecified atom stereocenters. The molecule has 0 bridgehead atoms. The van der Waals surface area contributed by atoms with E-state index >= 15 is 0 Å². The van der Waals surface area contributed by atoms with Gasteiger partial charge in [-0.3, -0.25) is 4.52 Å². The Hall–Kier alpha value is -1.52. The van der Waals surface area contributed by atoms with Crippen molar-refractivity contribution < 1.29 is 24.0 Å². The van der Waals surface area contributed by atoms with E-state index in [9.17, 15) is 4.57 Å². The molecule has 92 valence electrons. The van der Waals surface area contributed by atoms with Gasteiger partial charge in [-0.1, -0.05) is 0 Å². The van der Waals surface area contributed by atoms with Crippen molar-refractivity contribution >= 4 is 25.7 Å². The van der Waals surface area contributed by atoms with Gasteiger partial charge in [0.2, 0.25) is 17.8 Å². The zero-order valence-corrected chi connectivity index (χ0v) is 8.78. The third-order valence-electron chi connectivity index (χ3n) is 0.913. The highest BCUT2D eigenvalue weighted by molar-refractivity contribution is 7.46. The van der Waals surface area contributed by atoms with Crippen LogP contribution in [-0.2, 0) is 9.09 Å². The number of anilines is 3. The van der Waals surface area contributed by atoms with Crippen LogP contribution in [0.15, 0.2) is 0 Å². The molecule has 0 saturated carbocycles. The van der Waals surface area contributed by atoms with Crippen molar-refractivity contribution in [2.45, 2.75) is 0 Å². The van der Waals surface area contributed by atoms with Crippen LogP contribution in [0.25, 0.3) is 0 Å². The fourth-order valence-electron chi connectivity index (χ4n) is 0.502. The molecule has 9 N–H and O–H groups in total. The summed E-state index contributed by atoms with van der Waals surface area (Å²) >= 11 is 0. The van der Waals surface area contributed by atoms with E-state index in [-0.39, 0.29) is 17.8 Å². The fraction of sp³-hybridized carbons (Fsp3) is 0.250. The number of nitrogens with two attached hydrogens (primary N) is 3. The van der Waals surface area contributed by atoms with Crippen molar-refractivity contribution in [3.63, 3.8) is 0 Å². The molecule has 0 saturated heterocycles. The van der Waals surface area contributed by atoms with Crippen molar-refractivity contribution in [3.8, 4) is 0 Å². The summed E-state index contributed by atoms with van der Waals surface area (Å²) in [5.41, 5.74) is 15.4. The van der Waals surface area contributed by atoms with Gasteiger partial charge in [0.1, 0.15) is 0 Å². The van der Waals surface area contributed by atoms with Crippen LogP contribution >= 0.6 is 7.82 Å². The third-order valence-corrected chi connectivity index (χ3v) is 1.37. The molecule has 0 radical (unpaired) electrons. The van der Waals surface area contributed by atoms with Gasteiger partial charge in [-0.15, -0.1) is 0 Å². The Kier molecular flexibility index (Phi) is 5.56. The van der Waals surface area contributed by atoms with Crippen molar-refractivity contribution in [2.75, 3.05) is 24.0 Å². The predicted octanol–water partition coefficient (Wildman–Crippen LogP) is -2.34. The highest BCUT2D eigenvalue weighted by atomic mass is 31.2. The number of aromatic nitrogens is 3. The van der Waals surface area contributed by atoms with Gasteiger partial charge in [0.05, 0.1) is 0 Å². The van der Waals surface area contributed by atoms with Gasteiger partial charge in [0.25, 0.3) is 0 Å². The van der Waals surface area contributed by atoms with Crippen LogP contribution in [0.1, 0.15) is 0 Å². The maximum Gasteiger partial charge on any atom is 0.471 e. The summed E-state index contributed by atoms with van der Waals surface area (Å²) in [5, 5.41) is 7.69. The van der Waals surface area contributed by atoms with E-state index in [4.69, 9.17) is 32.1 Å². The van der Waals surface area contributed by atoms with Crippen LogP contribution in [0, 0.1) is 0 Å². The molecule has 0 spiro atoms. The Morgan fingerprint density at radius 2 is 1.38 bits per heavy atom. The summed E-state index contributed by atoms with van der Waals surface area (Å²) in [7, 11) is -4.42. The molecule has 0 aromatic carbocycles. The molecule has 0 aliphatic carbocycles. The maximum absolute atomic E-state index is 9.54. The molecule has 1 rings (SSSR count). The van der Waals surface area contributed by atoms with Crippen molar-refractivity contribution in [3.05, 3.63) is 0 Å². The lowest BCUT2D eigenvalue weighted by Crippen LogP contribution is -2.05. The van der Waals surface area contributed by atoms with E-state index in [0.29, 0.717) is 0 Å². The van der Waals surface area contributed by atoms with Crippen LogP contribution in [-0.4, -0.2) is 36.6 Å². The number of nitrogens with zero attached hydrogens (tertiary/aromatic N) is 3. The lowest BCUT2D eigenvalue weighted by atomic mass is 10.9. The average molecular weight is 254 g/mol. The fourth-order valence-corrected chi connectivity index (χ4v) is 0.653. The van der Waals surface area contributed by atoms with E-state index < -0.39 is 14.6 Å². The molecule has 0 aliphatic heterocycles. The van der Waals surface area contributed by atoms with Crippen LogP contribution < -0.4 is 17.2 Å². The molecule has 1 heterocycles. The second-order valence-corrected chi connectivity index (χ2v) is 3.40. The SMILES string of the molecule is Nc1nc(N)nc(N)n1.O=P(O)(O)OCO. The monoisotopic (exact) mass is 254 g/mol. The van der Waals surface area contributed by atoms with Crippen LogP contribution in [0.5, 0.6) is 0 Å². The van der Waals surface area contributed by atoms with Gasteiger partial charge >= 0.3 is 7.82 Å². The first-order chi connectivity index (χ1) is 7.24. The van der Waals surface area contributed by atoms with Gasteiger partial charge in [0, 0.05) is 0 Å². The molecule has 0 fully saturated rings. The molecule has 16 heavy (non-hydrogen) atoms. The van der Waals surface area contributed by atoms with Crippen molar-refractivity contribution in [1.82, 2.24) is 15.0 Å². The first-order valence-corrected chi connectivity index (χ1v) is 5.11. The molecular formula is C4H11N6O5P. The summed E-state index contributed by atoms with van der Waals surface area (Å²) in [6, 6.07) is 0. The summed E-state index contributed by atoms with van der Waals surface area (Å²) in [5.74, 6) is 0.125. The van der Waals surface area contributed by atoms with Gasteiger partial charge in [-0.2, -0.15) is 15.0 Å². The normalized spacial score (nSPS) is 10.4. The Balaban J connectivity index is 0.000000293. The number of nitrogen functional groups attached to an aromatic ring is 3. The second kappa shape index (κ2) is 6.15. The molecule has 12 heteroatoms. The van der Waals surface area contributed by atoms with E-state index in [1.54, 1.807) is 0 Å². The average Bonchev–Trinajstić information content (AvgIpc) is 1.98. The van der Waals surface area contributed by atoms with Gasteiger partial charge in [0.15, 0.2) is 6.79 Å². The van der Waals surface area contributed by atoms with E-state index in [2.05, 4.69) is 19.5 Å². The van der Waals surface area contributed by atoms with Crippen LogP contribution in [0.2, 0.25) is 0 Å². The lowest BCUT2D eigenvalue weighted by Gasteiger charge is -1.97. The third kappa shape index (κ3) is 7.84. The number of rotatable bonds is 2. The number of hydrogen-bond acceptors (Lipinski definition) is 9. The summed E-state index contributed by atoms with van der Waals surface area (Å²) in [6.07, 6.45) is 0. The molecular weight excluding hydrogens is 243 g/mol. The topological polar surface area (TPSA) is 204 Å². The molecule has 1 aromatic rings. The zero-order chi connectivity index (χ0) is 12.8. The Bertz CT molecular complexity index is 331.